The van der Waals surface area contributed by atoms with Crippen molar-refractivity contribution in [1.29, 1.82) is 0 Å². The number of hydrogen-bond donors (Lipinski definition) is 1. The summed E-state index contributed by atoms with van der Waals surface area (Å²) in [4.78, 5) is 14.2. The van der Waals surface area contributed by atoms with Crippen LogP contribution in [0.25, 0.3) is 6.08 Å². The van der Waals surface area contributed by atoms with Crippen molar-refractivity contribution < 1.29 is 18.0 Å². The molecule has 2 aromatic carbocycles. The van der Waals surface area contributed by atoms with Gasteiger partial charge in [-0.3, -0.25) is 4.79 Å². The van der Waals surface area contributed by atoms with Crippen LogP contribution < -0.4 is 10.2 Å². The molecular weight excluding hydrogens is 341 g/mol. The molecule has 6 heteroatoms. The molecule has 136 valence electrons. The molecule has 0 radical (unpaired) electrons. The average molecular weight is 360 g/mol. The Labute approximate surface area is 150 Å². The third kappa shape index (κ3) is 4.45. The molecule has 0 bridgehead atoms. The van der Waals surface area contributed by atoms with Gasteiger partial charge < -0.3 is 10.2 Å². The van der Waals surface area contributed by atoms with Crippen LogP contribution in [0.2, 0.25) is 0 Å². The Morgan fingerprint density at radius 1 is 1.04 bits per heavy atom. The zero-order chi connectivity index (χ0) is 18.6. The van der Waals surface area contributed by atoms with Crippen molar-refractivity contribution in [3.8, 4) is 0 Å². The molecule has 1 amide bonds. The van der Waals surface area contributed by atoms with Gasteiger partial charge in [0.25, 0.3) is 0 Å². The van der Waals surface area contributed by atoms with Gasteiger partial charge in [-0.25, -0.2) is 0 Å². The van der Waals surface area contributed by atoms with Crippen LogP contribution in [0.5, 0.6) is 0 Å². The minimum absolute atomic E-state index is 0.185. The topological polar surface area (TPSA) is 32.3 Å². The second kappa shape index (κ2) is 7.64. The van der Waals surface area contributed by atoms with E-state index >= 15 is 0 Å². The number of anilines is 2. The number of benzene rings is 2. The fourth-order valence-corrected chi connectivity index (χ4v) is 2.96. The number of alkyl halides is 3. The first-order chi connectivity index (χ1) is 12.4. The van der Waals surface area contributed by atoms with Gasteiger partial charge in [-0.1, -0.05) is 30.3 Å². The van der Waals surface area contributed by atoms with Gasteiger partial charge >= 0.3 is 6.18 Å². The van der Waals surface area contributed by atoms with Gasteiger partial charge in [-0.2, -0.15) is 13.2 Å². The maximum atomic E-state index is 13.0. The van der Waals surface area contributed by atoms with E-state index in [1.807, 2.05) is 35.2 Å². The number of amides is 1. The number of rotatable bonds is 4. The molecule has 0 unspecified atom stereocenters. The lowest BCUT2D eigenvalue weighted by Gasteiger charge is -2.22. The standard InChI is InChI=1S/C20H19F3N2O/c21-20(22,23)16-9-10-18(25-12-4-5-13-25)17(14-16)24-19(26)11-8-15-6-2-1-3-7-15/h1-3,6-11,14H,4-5,12-13H2,(H,24,26)/b11-8+. The SMILES string of the molecule is O=C(/C=C/c1ccccc1)Nc1cc(C(F)(F)F)ccc1N1CCCC1. The lowest BCUT2D eigenvalue weighted by atomic mass is 10.1. The van der Waals surface area contributed by atoms with Gasteiger partial charge in [0, 0.05) is 19.2 Å². The van der Waals surface area contributed by atoms with Gasteiger partial charge in [0.15, 0.2) is 0 Å². The summed E-state index contributed by atoms with van der Waals surface area (Å²) in [5.41, 5.74) is 0.871. The molecule has 0 atom stereocenters. The number of carbonyl (C=O) groups excluding carboxylic acids is 1. The number of halogens is 3. The van der Waals surface area contributed by atoms with Crippen molar-refractivity contribution in [3.63, 3.8) is 0 Å². The summed E-state index contributed by atoms with van der Waals surface area (Å²) < 4.78 is 39.1. The molecule has 0 aromatic heterocycles. The van der Waals surface area contributed by atoms with Gasteiger partial charge in [-0.15, -0.1) is 0 Å². The summed E-state index contributed by atoms with van der Waals surface area (Å²) in [6, 6.07) is 12.7. The zero-order valence-electron chi connectivity index (χ0n) is 14.1. The summed E-state index contributed by atoms with van der Waals surface area (Å²) in [7, 11) is 0. The Morgan fingerprint density at radius 2 is 1.73 bits per heavy atom. The molecule has 3 rings (SSSR count). The lowest BCUT2D eigenvalue weighted by molar-refractivity contribution is -0.137. The van der Waals surface area contributed by atoms with Crippen LogP contribution in [0.3, 0.4) is 0 Å². The van der Waals surface area contributed by atoms with E-state index in [1.54, 1.807) is 6.08 Å². The average Bonchev–Trinajstić information content (AvgIpc) is 3.14. The molecule has 0 aliphatic carbocycles. The molecule has 3 nitrogen and oxygen atoms in total. The third-order valence-corrected chi connectivity index (χ3v) is 4.26. The fourth-order valence-electron chi connectivity index (χ4n) is 2.96. The molecule has 1 saturated heterocycles. The largest absolute Gasteiger partial charge is 0.416 e. The first-order valence-corrected chi connectivity index (χ1v) is 8.44. The predicted molar refractivity (Wildman–Crippen MR) is 97.0 cm³/mol. The van der Waals surface area contributed by atoms with E-state index in [0.717, 1.165) is 43.6 Å². The number of nitrogens with zero attached hydrogens (tertiary/aromatic N) is 1. The smallest absolute Gasteiger partial charge is 0.370 e. The van der Waals surface area contributed by atoms with Crippen molar-refractivity contribution in [2.45, 2.75) is 19.0 Å². The summed E-state index contributed by atoms with van der Waals surface area (Å²) in [5, 5.41) is 2.60. The summed E-state index contributed by atoms with van der Waals surface area (Å²) in [5.74, 6) is -0.464. The molecule has 0 saturated carbocycles. The molecule has 1 fully saturated rings. The normalized spacial score (nSPS) is 14.8. The Bertz CT molecular complexity index is 794. The van der Waals surface area contributed by atoms with Crippen LogP contribution >= 0.6 is 0 Å². The van der Waals surface area contributed by atoms with Gasteiger partial charge in [0.1, 0.15) is 0 Å². The third-order valence-electron chi connectivity index (χ3n) is 4.26. The monoisotopic (exact) mass is 360 g/mol. The molecule has 1 aliphatic rings. The maximum absolute atomic E-state index is 13.0. The lowest BCUT2D eigenvalue weighted by Crippen LogP contribution is -2.21. The second-order valence-electron chi connectivity index (χ2n) is 6.16. The summed E-state index contributed by atoms with van der Waals surface area (Å²) >= 11 is 0. The first-order valence-electron chi connectivity index (χ1n) is 8.44. The zero-order valence-corrected chi connectivity index (χ0v) is 14.1. The Morgan fingerprint density at radius 3 is 2.38 bits per heavy atom. The number of carbonyl (C=O) groups is 1. The van der Waals surface area contributed by atoms with Crippen LogP contribution in [-0.4, -0.2) is 19.0 Å². The molecule has 26 heavy (non-hydrogen) atoms. The highest BCUT2D eigenvalue weighted by Gasteiger charge is 2.31. The molecule has 0 spiro atoms. The van der Waals surface area contributed by atoms with E-state index in [4.69, 9.17) is 0 Å². The summed E-state index contributed by atoms with van der Waals surface area (Å²) in [6.07, 6.45) is 0.468. The predicted octanol–water partition coefficient (Wildman–Crippen LogP) is 4.96. The highest BCUT2D eigenvalue weighted by atomic mass is 19.4. The number of nitrogens with one attached hydrogen (secondary N) is 1. The molecule has 1 heterocycles. The van der Waals surface area contributed by atoms with E-state index in [-0.39, 0.29) is 5.69 Å². The summed E-state index contributed by atoms with van der Waals surface area (Å²) in [6.45, 7) is 1.54. The van der Waals surface area contributed by atoms with Crippen LogP contribution in [0, 0.1) is 0 Å². The van der Waals surface area contributed by atoms with Crippen LogP contribution in [0.15, 0.2) is 54.6 Å². The molecule has 1 aliphatic heterocycles. The minimum atomic E-state index is -4.46. The van der Waals surface area contributed by atoms with E-state index in [0.29, 0.717) is 5.69 Å². The van der Waals surface area contributed by atoms with Crippen molar-refractivity contribution in [2.75, 3.05) is 23.3 Å². The van der Waals surface area contributed by atoms with E-state index in [9.17, 15) is 18.0 Å². The van der Waals surface area contributed by atoms with Gasteiger partial charge in [0.05, 0.1) is 16.9 Å². The Balaban J connectivity index is 1.83. The molecular formula is C20H19F3N2O. The highest BCUT2D eigenvalue weighted by molar-refractivity contribution is 6.04. The van der Waals surface area contributed by atoms with Crippen LogP contribution in [0.1, 0.15) is 24.0 Å². The van der Waals surface area contributed by atoms with Gasteiger partial charge in [0.2, 0.25) is 5.91 Å². The first kappa shape index (κ1) is 18.0. The fraction of sp³-hybridized carbons (Fsp3) is 0.250. The highest BCUT2D eigenvalue weighted by Crippen LogP contribution is 2.36. The Kier molecular flexibility index (Phi) is 5.30. The second-order valence-corrected chi connectivity index (χ2v) is 6.16. The van der Waals surface area contributed by atoms with Crippen molar-refractivity contribution in [2.24, 2.45) is 0 Å². The molecule has 1 N–H and O–H groups in total. The van der Waals surface area contributed by atoms with E-state index < -0.39 is 17.6 Å². The van der Waals surface area contributed by atoms with Crippen LogP contribution in [-0.2, 0) is 11.0 Å². The van der Waals surface area contributed by atoms with Crippen LogP contribution in [0.4, 0.5) is 24.5 Å². The minimum Gasteiger partial charge on any atom is -0.370 e. The quantitative estimate of drug-likeness (QED) is 0.782. The maximum Gasteiger partial charge on any atom is 0.416 e. The van der Waals surface area contributed by atoms with Crippen molar-refractivity contribution in [3.05, 3.63) is 65.7 Å². The molecule has 2 aromatic rings. The Hall–Kier alpha value is -2.76. The number of hydrogen-bond acceptors (Lipinski definition) is 2. The van der Waals surface area contributed by atoms with Crippen molar-refractivity contribution in [1.82, 2.24) is 0 Å². The van der Waals surface area contributed by atoms with E-state index in [1.165, 1.54) is 12.1 Å². The van der Waals surface area contributed by atoms with Crippen molar-refractivity contribution >= 4 is 23.4 Å². The van der Waals surface area contributed by atoms with Gasteiger partial charge in [-0.05, 0) is 42.7 Å². The van der Waals surface area contributed by atoms with E-state index in [2.05, 4.69) is 5.32 Å².